The van der Waals surface area contributed by atoms with E-state index in [2.05, 4.69) is 10.6 Å². The number of aliphatic hydroxyl groups excluding tert-OH is 1. The summed E-state index contributed by atoms with van der Waals surface area (Å²) in [4.78, 5) is 41.9. The van der Waals surface area contributed by atoms with E-state index in [0.29, 0.717) is 25.1 Å². The van der Waals surface area contributed by atoms with E-state index in [4.69, 9.17) is 0 Å². The maximum Gasteiger partial charge on any atom is 0.248 e. The van der Waals surface area contributed by atoms with Crippen LogP contribution in [0.4, 0.5) is 5.69 Å². The van der Waals surface area contributed by atoms with Gasteiger partial charge in [-0.1, -0.05) is 30.3 Å². The fourth-order valence-corrected chi connectivity index (χ4v) is 8.60. The molecule has 0 radical (unpaired) electrons. The molecule has 0 aromatic heterocycles. The zero-order valence-corrected chi connectivity index (χ0v) is 19.7. The molecule has 0 saturated carbocycles. The first-order chi connectivity index (χ1) is 15.8. The Hall–Kier alpha value is -2.58. The minimum atomic E-state index is -0.686. The molecule has 33 heavy (non-hydrogen) atoms. The fourth-order valence-electron chi connectivity index (χ4n) is 6.24. The molecule has 2 aromatic carbocycles. The number of anilines is 1. The summed E-state index contributed by atoms with van der Waals surface area (Å²) in [7, 11) is 1.60. The second-order valence-electron chi connectivity index (χ2n) is 9.50. The van der Waals surface area contributed by atoms with Crippen LogP contribution in [-0.4, -0.2) is 63.5 Å². The number of fused-ring (bicyclic) bond motifs is 2. The largest absolute Gasteiger partial charge is 0.396 e. The number of carbonyl (C=O) groups is 3. The van der Waals surface area contributed by atoms with E-state index in [0.717, 1.165) is 17.2 Å². The van der Waals surface area contributed by atoms with Crippen molar-refractivity contribution in [1.82, 2.24) is 10.2 Å². The second kappa shape index (κ2) is 8.02. The van der Waals surface area contributed by atoms with E-state index in [1.807, 2.05) is 49.4 Å². The van der Waals surface area contributed by atoms with E-state index < -0.39 is 22.6 Å². The molecule has 5 rings (SSSR count). The maximum absolute atomic E-state index is 13.8. The van der Waals surface area contributed by atoms with E-state index in [1.54, 1.807) is 23.7 Å². The number of thioether (sulfide) groups is 1. The normalized spacial score (nSPS) is 32.3. The Balaban J connectivity index is 1.51. The molecule has 0 aliphatic carbocycles. The van der Waals surface area contributed by atoms with Crippen molar-refractivity contribution in [3.8, 4) is 0 Å². The van der Waals surface area contributed by atoms with Crippen LogP contribution in [-0.2, 0) is 14.4 Å². The number of nitrogens with zero attached hydrogens (tertiary/aromatic N) is 1. The summed E-state index contributed by atoms with van der Waals surface area (Å²) in [6.45, 7) is 2.28. The van der Waals surface area contributed by atoms with Gasteiger partial charge in [-0.3, -0.25) is 14.4 Å². The quantitative estimate of drug-likeness (QED) is 0.606. The van der Waals surface area contributed by atoms with Crippen molar-refractivity contribution in [2.45, 2.75) is 41.7 Å². The Morgan fingerprint density at radius 1 is 1.15 bits per heavy atom. The second-order valence-corrected chi connectivity index (χ2v) is 11.4. The summed E-state index contributed by atoms with van der Waals surface area (Å²) in [5, 5.41) is 17.3. The molecule has 3 aliphatic rings. The highest BCUT2D eigenvalue weighted by molar-refractivity contribution is 8.02. The molecule has 3 saturated heterocycles. The summed E-state index contributed by atoms with van der Waals surface area (Å²) in [6, 6.07) is 13.0. The number of carbonyl (C=O) groups excluding carboxylic acids is 3. The van der Waals surface area contributed by atoms with Crippen molar-refractivity contribution < 1.29 is 19.5 Å². The number of nitrogens with one attached hydrogen (secondary N) is 2. The fraction of sp³-hybridized carbons (Fsp3) is 0.480. The average Bonchev–Trinajstić information content (AvgIpc) is 3.37. The number of hydrogen-bond donors (Lipinski definition) is 3. The monoisotopic (exact) mass is 467 g/mol. The molecule has 2 unspecified atom stereocenters. The molecule has 2 aromatic rings. The Morgan fingerprint density at radius 3 is 2.64 bits per heavy atom. The molecule has 3 aliphatic heterocycles. The third-order valence-electron chi connectivity index (χ3n) is 7.63. The van der Waals surface area contributed by atoms with Crippen molar-refractivity contribution in [3.05, 3.63) is 42.5 Å². The Kier molecular flexibility index (Phi) is 5.40. The van der Waals surface area contributed by atoms with Gasteiger partial charge in [0.05, 0.1) is 16.6 Å². The number of likely N-dealkylation sites (tertiary alicyclic amines) is 1. The lowest BCUT2D eigenvalue weighted by molar-refractivity contribution is -0.140. The van der Waals surface area contributed by atoms with Crippen LogP contribution in [0.5, 0.6) is 0 Å². The Labute approximate surface area is 197 Å². The highest BCUT2D eigenvalue weighted by atomic mass is 32.2. The molecule has 8 heteroatoms. The Bertz CT molecular complexity index is 1140. The zero-order valence-electron chi connectivity index (χ0n) is 18.8. The van der Waals surface area contributed by atoms with E-state index in [9.17, 15) is 19.5 Å². The van der Waals surface area contributed by atoms with Crippen LogP contribution >= 0.6 is 11.8 Å². The van der Waals surface area contributed by atoms with Crippen LogP contribution in [0.1, 0.15) is 26.2 Å². The summed E-state index contributed by atoms with van der Waals surface area (Å²) in [5.41, 5.74) is 0.680. The van der Waals surface area contributed by atoms with Crippen molar-refractivity contribution in [1.29, 1.82) is 0 Å². The van der Waals surface area contributed by atoms with Crippen molar-refractivity contribution >= 4 is 45.9 Å². The van der Waals surface area contributed by atoms with Crippen LogP contribution < -0.4 is 10.6 Å². The van der Waals surface area contributed by atoms with E-state index in [1.165, 1.54) is 0 Å². The lowest BCUT2D eigenvalue weighted by Gasteiger charge is -2.34. The summed E-state index contributed by atoms with van der Waals surface area (Å²) in [5.74, 6) is -1.52. The topological polar surface area (TPSA) is 98.7 Å². The standard InChI is InChI=1S/C25H29N3O4S/c1-24-10-11-25(33-24)19(18(24)21(30)26-2)23(32)28(12-5-13-29)20(25)22(31)27-17-9-8-15-6-3-4-7-16(15)14-17/h3-4,6-9,14,18-20,29H,5,10-13H2,1-2H3,(H,26,30)(H,27,31)/t18-,19+,20?,24+,25?/m1/s1. The van der Waals surface area contributed by atoms with E-state index >= 15 is 0 Å². The molecule has 2 bridgehead atoms. The van der Waals surface area contributed by atoms with Gasteiger partial charge in [-0.2, -0.15) is 0 Å². The van der Waals surface area contributed by atoms with Gasteiger partial charge in [0, 0.05) is 30.6 Å². The van der Waals surface area contributed by atoms with Crippen molar-refractivity contribution in [2.24, 2.45) is 11.8 Å². The van der Waals surface area contributed by atoms with Gasteiger partial charge >= 0.3 is 0 Å². The number of benzene rings is 2. The average molecular weight is 468 g/mol. The van der Waals surface area contributed by atoms with Gasteiger partial charge in [-0.05, 0) is 49.1 Å². The van der Waals surface area contributed by atoms with Gasteiger partial charge < -0.3 is 20.6 Å². The predicted molar refractivity (Wildman–Crippen MR) is 129 cm³/mol. The number of hydrogen-bond acceptors (Lipinski definition) is 5. The van der Waals surface area contributed by atoms with Crippen molar-refractivity contribution in [2.75, 3.05) is 25.5 Å². The van der Waals surface area contributed by atoms with Crippen molar-refractivity contribution in [3.63, 3.8) is 0 Å². The molecule has 1 spiro atoms. The van der Waals surface area contributed by atoms with Crippen LogP contribution in [0.25, 0.3) is 10.8 Å². The smallest absolute Gasteiger partial charge is 0.248 e. The van der Waals surface area contributed by atoms with E-state index in [-0.39, 0.29) is 29.1 Å². The lowest BCUT2D eigenvalue weighted by Crippen LogP contribution is -2.52. The number of aliphatic hydroxyl groups is 1. The van der Waals surface area contributed by atoms with Gasteiger partial charge in [-0.25, -0.2) is 0 Å². The zero-order chi connectivity index (χ0) is 23.4. The summed E-state index contributed by atoms with van der Waals surface area (Å²) in [6.07, 6.45) is 1.89. The summed E-state index contributed by atoms with van der Waals surface area (Å²) < 4.78 is -1.01. The number of amides is 3. The molecular formula is C25H29N3O4S. The maximum atomic E-state index is 13.8. The van der Waals surface area contributed by atoms with Crippen LogP contribution in [0, 0.1) is 11.8 Å². The van der Waals surface area contributed by atoms with Crippen LogP contribution in [0.15, 0.2) is 42.5 Å². The molecule has 3 fully saturated rings. The number of rotatable bonds is 6. The lowest BCUT2D eigenvalue weighted by atomic mass is 9.66. The predicted octanol–water partition coefficient (Wildman–Crippen LogP) is 2.39. The molecule has 7 nitrogen and oxygen atoms in total. The SMILES string of the molecule is CNC(=O)[C@H]1[C@H]2C(=O)N(CCCO)C(C(=O)Nc3ccc4ccccc4c3)C23CC[C@]1(C)S3. The first kappa shape index (κ1) is 22.2. The summed E-state index contributed by atoms with van der Waals surface area (Å²) >= 11 is 1.65. The first-order valence-corrected chi connectivity index (χ1v) is 12.3. The third-order valence-corrected chi connectivity index (χ3v) is 9.61. The van der Waals surface area contributed by atoms with Gasteiger partial charge in [0.2, 0.25) is 17.7 Å². The van der Waals surface area contributed by atoms with Crippen LogP contribution in [0.3, 0.4) is 0 Å². The minimum absolute atomic E-state index is 0.0653. The van der Waals surface area contributed by atoms with Gasteiger partial charge in [-0.15, -0.1) is 11.8 Å². The highest BCUT2D eigenvalue weighted by Crippen LogP contribution is 2.71. The van der Waals surface area contributed by atoms with Crippen LogP contribution in [0.2, 0.25) is 0 Å². The molecular weight excluding hydrogens is 438 g/mol. The highest BCUT2D eigenvalue weighted by Gasteiger charge is 2.76. The third kappa shape index (κ3) is 3.26. The van der Waals surface area contributed by atoms with Gasteiger partial charge in [0.15, 0.2) is 0 Å². The molecule has 174 valence electrons. The Morgan fingerprint density at radius 2 is 1.91 bits per heavy atom. The molecule has 3 N–H and O–H groups in total. The minimum Gasteiger partial charge on any atom is -0.396 e. The molecule has 5 atom stereocenters. The van der Waals surface area contributed by atoms with Gasteiger partial charge in [0.25, 0.3) is 0 Å². The van der Waals surface area contributed by atoms with Gasteiger partial charge in [0.1, 0.15) is 6.04 Å². The molecule has 3 heterocycles. The first-order valence-electron chi connectivity index (χ1n) is 11.5. The molecule has 3 amide bonds.